The van der Waals surface area contributed by atoms with Gasteiger partial charge in [-0.15, -0.1) is 0 Å². The van der Waals surface area contributed by atoms with Crippen LogP contribution in [0.4, 0.5) is 0 Å². The van der Waals surface area contributed by atoms with Gasteiger partial charge in [-0.25, -0.2) is 0 Å². The molecule has 10 nitrogen and oxygen atoms in total. The third-order valence-corrected chi connectivity index (χ3v) is 7.95. The van der Waals surface area contributed by atoms with E-state index in [0.29, 0.717) is 51.1 Å². The van der Waals surface area contributed by atoms with Crippen LogP contribution in [0.3, 0.4) is 0 Å². The smallest absolute Gasteiger partial charge is 0.394 e. The fourth-order valence-electron chi connectivity index (χ4n) is 3.75. The van der Waals surface area contributed by atoms with Crippen molar-refractivity contribution >= 4 is 17.2 Å². The molecule has 0 spiro atoms. The zero-order chi connectivity index (χ0) is 31.2. The van der Waals surface area contributed by atoms with Gasteiger partial charge < -0.3 is 46.8 Å². The fraction of sp³-hybridized carbons (Fsp3) is 0.613. The molecule has 0 radical (unpaired) electrons. The minimum atomic E-state index is -2.06. The van der Waals surface area contributed by atoms with Gasteiger partial charge in [0.05, 0.1) is 52.9 Å². The first-order valence-corrected chi connectivity index (χ1v) is 17.2. The van der Waals surface area contributed by atoms with Crippen molar-refractivity contribution in [3.8, 4) is 11.5 Å². The van der Waals surface area contributed by atoms with Crippen molar-refractivity contribution in [1.29, 1.82) is 0 Å². The number of ether oxygens (including phenoxy) is 4. The van der Waals surface area contributed by atoms with Gasteiger partial charge in [-0.3, -0.25) is 0 Å². The molecule has 0 amide bonds. The Labute approximate surface area is 259 Å². The van der Waals surface area contributed by atoms with Crippen LogP contribution in [0, 0.1) is 0 Å². The van der Waals surface area contributed by atoms with E-state index < -0.39 is 17.2 Å². The van der Waals surface area contributed by atoms with E-state index in [1.54, 1.807) is 0 Å². The predicted octanol–water partition coefficient (Wildman–Crippen LogP) is 6.91. The maximum Gasteiger partial charge on any atom is 0.394 e. The largest absolute Gasteiger partial charge is 0.427 e. The van der Waals surface area contributed by atoms with E-state index in [4.69, 9.17) is 37.0 Å². The molecule has 0 aliphatic carbocycles. The fourth-order valence-corrected chi connectivity index (χ4v) is 4.92. The molecule has 2 N–H and O–H groups in total. The van der Waals surface area contributed by atoms with E-state index in [0.717, 1.165) is 50.0 Å². The summed E-state index contributed by atoms with van der Waals surface area (Å²) in [5.41, 5.74) is 1.82. The summed E-state index contributed by atoms with van der Waals surface area (Å²) in [5.74, 6) is 1.04. The summed E-state index contributed by atoms with van der Waals surface area (Å²) in [5, 5.41) is 0. The van der Waals surface area contributed by atoms with Gasteiger partial charge >= 0.3 is 17.2 Å². The molecule has 0 aliphatic rings. The minimum absolute atomic E-state index is 0.232. The van der Waals surface area contributed by atoms with Crippen LogP contribution in [-0.4, -0.2) is 75.9 Å². The SMILES string of the molecule is CCCCOCCOCCOP(O)Oc1ccc(C(C)(C)c2ccc(OP(O)OCCOCCOCCCC)cc2)cc1. The molecule has 0 saturated heterocycles. The molecule has 2 unspecified atom stereocenters. The first-order valence-electron chi connectivity index (χ1n) is 15.0. The van der Waals surface area contributed by atoms with Gasteiger partial charge in [-0.2, -0.15) is 0 Å². The standard InChI is InChI=1S/C31H50O10P2/c1-5-7-17-34-19-21-36-23-25-38-42(32)40-29-13-9-27(10-14-29)31(3,4)28-11-15-30(16-12-28)41-43(33)39-26-24-37-22-20-35-18-8-6-2/h9-16,32-33H,5-8,17-26H2,1-4H3. The third-order valence-electron chi connectivity index (χ3n) is 6.41. The van der Waals surface area contributed by atoms with Crippen LogP contribution < -0.4 is 9.05 Å². The normalized spacial score (nSPS) is 13.2. The molecule has 0 aliphatic heterocycles. The van der Waals surface area contributed by atoms with Gasteiger partial charge in [0.25, 0.3) is 0 Å². The molecule has 244 valence electrons. The summed E-state index contributed by atoms with van der Waals surface area (Å²) < 4.78 is 43.5. The van der Waals surface area contributed by atoms with Crippen LogP contribution in [0.2, 0.25) is 0 Å². The lowest BCUT2D eigenvalue weighted by atomic mass is 9.78. The van der Waals surface area contributed by atoms with Crippen LogP contribution in [0.1, 0.15) is 64.5 Å². The number of hydrogen-bond acceptors (Lipinski definition) is 10. The number of benzene rings is 2. The van der Waals surface area contributed by atoms with Gasteiger partial charge in [0.2, 0.25) is 0 Å². The van der Waals surface area contributed by atoms with Crippen molar-refractivity contribution < 1.29 is 46.8 Å². The Bertz CT molecular complexity index is 871. The van der Waals surface area contributed by atoms with Crippen LogP contribution in [0.25, 0.3) is 0 Å². The predicted molar refractivity (Wildman–Crippen MR) is 170 cm³/mol. The van der Waals surface area contributed by atoms with E-state index in [2.05, 4.69) is 27.7 Å². The van der Waals surface area contributed by atoms with E-state index in [9.17, 15) is 9.79 Å². The molecule has 2 aromatic carbocycles. The average molecular weight is 645 g/mol. The summed E-state index contributed by atoms with van der Waals surface area (Å²) >= 11 is 0. The molecule has 0 aromatic heterocycles. The van der Waals surface area contributed by atoms with Crippen LogP contribution in [0.15, 0.2) is 48.5 Å². The first kappa shape index (κ1) is 37.8. The van der Waals surface area contributed by atoms with Crippen molar-refractivity contribution in [2.24, 2.45) is 0 Å². The molecule has 12 heteroatoms. The van der Waals surface area contributed by atoms with Gasteiger partial charge in [0, 0.05) is 18.6 Å². The van der Waals surface area contributed by atoms with Crippen molar-refractivity contribution in [2.45, 2.75) is 58.8 Å². The van der Waals surface area contributed by atoms with Gasteiger partial charge in [-0.05, 0) is 48.2 Å². The maximum absolute atomic E-state index is 10.1. The summed E-state index contributed by atoms with van der Waals surface area (Å²) in [6.07, 6.45) is 4.31. The summed E-state index contributed by atoms with van der Waals surface area (Å²) in [6.45, 7) is 13.2. The first-order chi connectivity index (χ1) is 20.9. The molecule has 0 fully saturated rings. The molecule has 0 heterocycles. The highest BCUT2D eigenvalue weighted by Crippen LogP contribution is 2.39. The Kier molecular flexibility index (Phi) is 20.2. The van der Waals surface area contributed by atoms with E-state index >= 15 is 0 Å². The zero-order valence-electron chi connectivity index (χ0n) is 26.1. The second-order valence-electron chi connectivity index (χ2n) is 10.2. The topological polar surface area (TPSA) is 114 Å². The van der Waals surface area contributed by atoms with Gasteiger partial charge in [0.15, 0.2) is 0 Å². The second kappa shape index (κ2) is 23.0. The Morgan fingerprint density at radius 3 is 1.19 bits per heavy atom. The molecule has 2 rings (SSSR count). The average Bonchev–Trinajstić information content (AvgIpc) is 3.00. The van der Waals surface area contributed by atoms with Crippen molar-refractivity contribution in [2.75, 3.05) is 66.1 Å². The van der Waals surface area contributed by atoms with Crippen molar-refractivity contribution in [3.63, 3.8) is 0 Å². The van der Waals surface area contributed by atoms with Crippen molar-refractivity contribution in [1.82, 2.24) is 0 Å². The summed E-state index contributed by atoms with van der Waals surface area (Å²) in [6, 6.07) is 15.1. The summed E-state index contributed by atoms with van der Waals surface area (Å²) in [7, 11) is -4.12. The summed E-state index contributed by atoms with van der Waals surface area (Å²) in [4.78, 5) is 20.2. The Morgan fingerprint density at radius 2 is 0.837 bits per heavy atom. The maximum atomic E-state index is 10.1. The van der Waals surface area contributed by atoms with Crippen LogP contribution >= 0.6 is 17.2 Å². The molecule has 2 atom stereocenters. The van der Waals surface area contributed by atoms with Gasteiger partial charge in [0.1, 0.15) is 11.5 Å². The molecular weight excluding hydrogens is 594 g/mol. The lowest BCUT2D eigenvalue weighted by molar-refractivity contribution is 0.0343. The highest BCUT2D eigenvalue weighted by molar-refractivity contribution is 7.41. The highest BCUT2D eigenvalue weighted by atomic mass is 31.2. The molecule has 2 aromatic rings. The van der Waals surface area contributed by atoms with Crippen LogP contribution in [0.5, 0.6) is 11.5 Å². The van der Waals surface area contributed by atoms with Gasteiger partial charge in [-0.1, -0.05) is 64.8 Å². The molecule has 0 saturated carbocycles. The number of rotatable bonds is 26. The lowest BCUT2D eigenvalue weighted by Gasteiger charge is -2.26. The molecular formula is C31H50O10P2. The molecule has 43 heavy (non-hydrogen) atoms. The van der Waals surface area contributed by atoms with E-state index in [-0.39, 0.29) is 18.6 Å². The Hall–Kier alpha value is -1.42. The Morgan fingerprint density at radius 1 is 0.512 bits per heavy atom. The van der Waals surface area contributed by atoms with E-state index in [1.165, 1.54) is 0 Å². The second-order valence-corrected chi connectivity index (χ2v) is 12.0. The van der Waals surface area contributed by atoms with Crippen molar-refractivity contribution in [3.05, 3.63) is 59.7 Å². The number of unbranched alkanes of at least 4 members (excludes halogenated alkanes) is 2. The van der Waals surface area contributed by atoms with Crippen LogP contribution in [-0.2, 0) is 33.4 Å². The minimum Gasteiger partial charge on any atom is -0.427 e. The molecule has 0 bridgehead atoms. The lowest BCUT2D eigenvalue weighted by Crippen LogP contribution is -2.18. The number of hydrogen-bond donors (Lipinski definition) is 2. The quantitative estimate of drug-likeness (QED) is 0.0827. The van der Waals surface area contributed by atoms with E-state index in [1.807, 2.05) is 48.5 Å². The Balaban J connectivity index is 1.68. The monoisotopic (exact) mass is 644 g/mol. The third kappa shape index (κ3) is 16.5. The highest BCUT2D eigenvalue weighted by Gasteiger charge is 2.24. The zero-order valence-corrected chi connectivity index (χ0v) is 27.9.